The average Bonchev–Trinajstić information content (AvgIpc) is 2.64. The number of anilines is 1. The van der Waals surface area contributed by atoms with Gasteiger partial charge in [-0.3, -0.25) is 9.59 Å². The maximum atomic E-state index is 13.2. The molecule has 2 unspecified atom stereocenters. The summed E-state index contributed by atoms with van der Waals surface area (Å²) in [6, 6.07) is 1.79. The number of carbonyl (C=O) groups is 2. The van der Waals surface area contributed by atoms with E-state index in [1.165, 1.54) is 0 Å². The van der Waals surface area contributed by atoms with Crippen LogP contribution in [0.4, 0.5) is 5.95 Å². The van der Waals surface area contributed by atoms with E-state index in [0.29, 0.717) is 50.9 Å². The summed E-state index contributed by atoms with van der Waals surface area (Å²) in [7, 11) is 0. The molecule has 7 heteroatoms. The molecule has 1 aromatic heterocycles. The normalized spacial score (nSPS) is 17.2. The van der Waals surface area contributed by atoms with Crippen molar-refractivity contribution >= 4 is 17.8 Å². The monoisotopic (exact) mass is 361 g/mol. The number of hydrogen-bond donors (Lipinski definition) is 1. The highest BCUT2D eigenvalue weighted by Crippen LogP contribution is 2.27. The molecule has 7 nitrogen and oxygen atoms in total. The van der Waals surface area contributed by atoms with Gasteiger partial charge >= 0.3 is 0 Å². The lowest BCUT2D eigenvalue weighted by Crippen LogP contribution is -2.52. The minimum atomic E-state index is -0.384. The summed E-state index contributed by atoms with van der Waals surface area (Å²) in [4.78, 5) is 37.6. The van der Waals surface area contributed by atoms with Crippen molar-refractivity contribution < 1.29 is 9.59 Å². The zero-order valence-electron chi connectivity index (χ0n) is 16.1. The Bertz CT molecular complexity index is 585. The highest BCUT2D eigenvalue weighted by molar-refractivity contribution is 5.87. The van der Waals surface area contributed by atoms with Crippen molar-refractivity contribution in [1.82, 2.24) is 14.9 Å². The van der Waals surface area contributed by atoms with E-state index < -0.39 is 0 Å². The molecule has 26 heavy (non-hydrogen) atoms. The van der Waals surface area contributed by atoms with Crippen molar-refractivity contribution in [3.8, 4) is 0 Å². The van der Waals surface area contributed by atoms with Gasteiger partial charge in [0.05, 0.1) is 0 Å². The maximum absolute atomic E-state index is 13.2. The minimum absolute atomic E-state index is 0.0598. The lowest BCUT2D eigenvalue weighted by molar-refractivity contribution is -0.142. The predicted octanol–water partition coefficient (Wildman–Crippen LogP) is 1.69. The number of amides is 2. The molecule has 1 aromatic rings. The minimum Gasteiger partial charge on any atom is -0.369 e. The van der Waals surface area contributed by atoms with Crippen LogP contribution in [0.15, 0.2) is 18.5 Å². The lowest BCUT2D eigenvalue weighted by atomic mass is 9.81. The zero-order valence-corrected chi connectivity index (χ0v) is 16.1. The molecular weight excluding hydrogens is 330 g/mol. The highest BCUT2D eigenvalue weighted by atomic mass is 16.2. The summed E-state index contributed by atoms with van der Waals surface area (Å²) in [6.45, 7) is 8.79. The van der Waals surface area contributed by atoms with Crippen molar-refractivity contribution in [2.24, 2.45) is 23.5 Å². The van der Waals surface area contributed by atoms with Gasteiger partial charge in [-0.15, -0.1) is 0 Å². The zero-order chi connectivity index (χ0) is 19.1. The van der Waals surface area contributed by atoms with Gasteiger partial charge in [0.15, 0.2) is 0 Å². The fraction of sp³-hybridized carbons (Fsp3) is 0.684. The van der Waals surface area contributed by atoms with Crippen LogP contribution in [0.2, 0.25) is 0 Å². The molecule has 1 aliphatic heterocycles. The standard InChI is InChI=1S/C19H31N5O2/c1-4-6-15(17(20)25)16(13-14(2)3)18(26)23-9-11-24(12-10-23)19-21-7-5-8-22-19/h5,7-8,14-16H,4,6,9-13H2,1-3H3,(H2,20,25). The maximum Gasteiger partial charge on any atom is 0.226 e. The Kier molecular flexibility index (Phi) is 7.36. The van der Waals surface area contributed by atoms with Gasteiger partial charge in [-0.2, -0.15) is 0 Å². The second-order valence-electron chi connectivity index (χ2n) is 7.39. The molecule has 1 fully saturated rings. The first-order valence-corrected chi connectivity index (χ1v) is 9.54. The van der Waals surface area contributed by atoms with E-state index in [1.54, 1.807) is 18.5 Å². The van der Waals surface area contributed by atoms with E-state index in [-0.39, 0.29) is 23.7 Å². The Morgan fingerprint density at radius 2 is 1.73 bits per heavy atom. The quantitative estimate of drug-likeness (QED) is 0.761. The number of piperazine rings is 1. The highest BCUT2D eigenvalue weighted by Gasteiger charge is 2.36. The molecule has 0 bridgehead atoms. The molecule has 2 rings (SSSR count). The molecule has 2 atom stereocenters. The topological polar surface area (TPSA) is 92.4 Å². The molecule has 1 aliphatic rings. The van der Waals surface area contributed by atoms with Crippen molar-refractivity contribution in [3.63, 3.8) is 0 Å². The van der Waals surface area contributed by atoms with Gasteiger partial charge in [-0.05, 0) is 24.8 Å². The Morgan fingerprint density at radius 1 is 1.12 bits per heavy atom. The number of rotatable bonds is 8. The van der Waals surface area contributed by atoms with Gasteiger partial charge < -0.3 is 15.5 Å². The fourth-order valence-electron chi connectivity index (χ4n) is 3.61. The molecule has 2 amide bonds. The van der Waals surface area contributed by atoms with Gasteiger partial charge in [0.1, 0.15) is 0 Å². The molecule has 0 aliphatic carbocycles. The number of carbonyl (C=O) groups excluding carboxylic acids is 2. The third-order valence-corrected chi connectivity index (χ3v) is 4.92. The van der Waals surface area contributed by atoms with Crippen LogP contribution in [-0.4, -0.2) is 52.9 Å². The summed E-state index contributed by atoms with van der Waals surface area (Å²) >= 11 is 0. The van der Waals surface area contributed by atoms with Crippen molar-refractivity contribution in [2.45, 2.75) is 40.0 Å². The van der Waals surface area contributed by atoms with E-state index in [4.69, 9.17) is 5.73 Å². The molecule has 1 saturated heterocycles. The van der Waals surface area contributed by atoms with Crippen molar-refractivity contribution in [1.29, 1.82) is 0 Å². The third kappa shape index (κ3) is 5.16. The van der Waals surface area contributed by atoms with Gasteiger partial charge in [-0.1, -0.05) is 27.2 Å². The smallest absolute Gasteiger partial charge is 0.226 e. The second-order valence-corrected chi connectivity index (χ2v) is 7.39. The molecule has 2 heterocycles. The first-order chi connectivity index (χ1) is 12.4. The number of aromatic nitrogens is 2. The fourth-order valence-corrected chi connectivity index (χ4v) is 3.61. The van der Waals surface area contributed by atoms with E-state index in [0.717, 1.165) is 6.42 Å². The Morgan fingerprint density at radius 3 is 2.23 bits per heavy atom. The van der Waals surface area contributed by atoms with E-state index in [9.17, 15) is 9.59 Å². The summed E-state index contributed by atoms with van der Waals surface area (Å²) in [5.74, 6) is 0.0186. The Hall–Kier alpha value is -2.18. The number of nitrogens with zero attached hydrogens (tertiary/aromatic N) is 4. The molecule has 0 spiro atoms. The van der Waals surface area contributed by atoms with Crippen LogP contribution in [0.25, 0.3) is 0 Å². The molecule has 0 saturated carbocycles. The average molecular weight is 361 g/mol. The van der Waals surface area contributed by atoms with Crippen LogP contribution in [0.1, 0.15) is 40.0 Å². The molecule has 0 radical (unpaired) electrons. The third-order valence-electron chi connectivity index (χ3n) is 4.92. The molecule has 0 aromatic carbocycles. The first-order valence-electron chi connectivity index (χ1n) is 9.54. The van der Waals surface area contributed by atoms with Gasteiger partial charge in [0.25, 0.3) is 0 Å². The Labute approximate surface area is 156 Å². The van der Waals surface area contributed by atoms with Crippen LogP contribution < -0.4 is 10.6 Å². The van der Waals surface area contributed by atoms with Crippen LogP contribution in [0.5, 0.6) is 0 Å². The van der Waals surface area contributed by atoms with Crippen molar-refractivity contribution in [2.75, 3.05) is 31.1 Å². The van der Waals surface area contributed by atoms with E-state index >= 15 is 0 Å². The number of hydrogen-bond acceptors (Lipinski definition) is 5. The van der Waals surface area contributed by atoms with Crippen LogP contribution >= 0.6 is 0 Å². The SMILES string of the molecule is CCCC(C(N)=O)C(CC(C)C)C(=O)N1CCN(c2ncccn2)CC1. The summed E-state index contributed by atoms with van der Waals surface area (Å²) < 4.78 is 0. The van der Waals surface area contributed by atoms with E-state index in [1.807, 2.05) is 11.8 Å². The second kappa shape index (κ2) is 9.50. The largest absolute Gasteiger partial charge is 0.369 e. The van der Waals surface area contributed by atoms with Crippen LogP contribution in [0, 0.1) is 17.8 Å². The van der Waals surface area contributed by atoms with Crippen LogP contribution in [-0.2, 0) is 9.59 Å². The molecule has 2 N–H and O–H groups in total. The van der Waals surface area contributed by atoms with Crippen molar-refractivity contribution in [3.05, 3.63) is 18.5 Å². The molecule has 144 valence electrons. The summed E-state index contributed by atoms with van der Waals surface area (Å²) in [5.41, 5.74) is 5.63. The van der Waals surface area contributed by atoms with Gasteiger partial charge in [-0.25, -0.2) is 9.97 Å². The lowest BCUT2D eigenvalue weighted by Gasteiger charge is -2.38. The summed E-state index contributed by atoms with van der Waals surface area (Å²) in [5, 5.41) is 0. The number of nitrogens with two attached hydrogens (primary N) is 1. The Balaban J connectivity index is 2.05. The predicted molar refractivity (Wildman–Crippen MR) is 101 cm³/mol. The first kappa shape index (κ1) is 20.1. The summed E-state index contributed by atoms with van der Waals surface area (Å²) in [6.07, 6.45) is 5.64. The number of primary amides is 1. The van der Waals surface area contributed by atoms with Gasteiger partial charge in [0, 0.05) is 50.4 Å². The van der Waals surface area contributed by atoms with Crippen LogP contribution in [0.3, 0.4) is 0 Å². The van der Waals surface area contributed by atoms with E-state index in [2.05, 4.69) is 28.7 Å². The molecular formula is C19H31N5O2. The van der Waals surface area contributed by atoms with Gasteiger partial charge in [0.2, 0.25) is 17.8 Å².